The Labute approximate surface area is 117 Å². The zero-order chi connectivity index (χ0) is 14.5. The minimum atomic E-state index is -0.470. The van der Waals surface area contributed by atoms with Crippen LogP contribution in [0.4, 0.5) is 8.78 Å². The van der Waals surface area contributed by atoms with Gasteiger partial charge in [-0.3, -0.25) is 0 Å². The van der Waals surface area contributed by atoms with Crippen LogP contribution in [0.15, 0.2) is 48.5 Å². The molecule has 2 atom stereocenters. The summed E-state index contributed by atoms with van der Waals surface area (Å²) in [6.45, 7) is 0. The lowest BCUT2D eigenvalue weighted by molar-refractivity contribution is 0.0800. The van der Waals surface area contributed by atoms with Crippen molar-refractivity contribution in [1.29, 1.82) is 0 Å². The molecule has 4 heteroatoms. The number of rotatable bonds is 5. The van der Waals surface area contributed by atoms with Gasteiger partial charge in [0.25, 0.3) is 0 Å². The van der Waals surface area contributed by atoms with E-state index in [0.717, 1.165) is 17.7 Å². The minimum Gasteiger partial charge on any atom is -0.375 e. The largest absolute Gasteiger partial charge is 0.375 e. The Balaban J connectivity index is 2.17. The lowest BCUT2D eigenvalue weighted by atomic mass is 9.96. The van der Waals surface area contributed by atoms with Gasteiger partial charge in [-0.15, -0.1) is 0 Å². The molecule has 0 bridgehead atoms. The first-order valence-electron chi connectivity index (χ1n) is 6.39. The summed E-state index contributed by atoms with van der Waals surface area (Å²) in [5, 5.41) is 0. The maximum absolute atomic E-state index is 13.6. The zero-order valence-electron chi connectivity index (χ0n) is 11.2. The van der Waals surface area contributed by atoms with Gasteiger partial charge in [0.1, 0.15) is 11.6 Å². The molecule has 0 saturated carbocycles. The molecule has 20 heavy (non-hydrogen) atoms. The van der Waals surface area contributed by atoms with Gasteiger partial charge in [0.15, 0.2) is 0 Å². The predicted molar refractivity (Wildman–Crippen MR) is 74.2 cm³/mol. The van der Waals surface area contributed by atoms with Crippen LogP contribution in [-0.4, -0.2) is 13.2 Å². The number of methoxy groups -OCH3 is 1. The second-order valence-corrected chi connectivity index (χ2v) is 4.67. The third-order valence-electron chi connectivity index (χ3n) is 3.23. The van der Waals surface area contributed by atoms with E-state index in [1.165, 1.54) is 6.07 Å². The van der Waals surface area contributed by atoms with Crippen LogP contribution in [0.3, 0.4) is 0 Å². The fourth-order valence-electron chi connectivity index (χ4n) is 2.26. The zero-order valence-corrected chi connectivity index (χ0v) is 11.2. The van der Waals surface area contributed by atoms with Crippen molar-refractivity contribution in [1.82, 2.24) is 0 Å². The number of benzene rings is 2. The second-order valence-electron chi connectivity index (χ2n) is 4.67. The normalized spacial score (nSPS) is 14.0. The summed E-state index contributed by atoms with van der Waals surface area (Å²) in [5.74, 6) is -0.924. The fourth-order valence-corrected chi connectivity index (χ4v) is 2.26. The molecule has 2 aromatic carbocycles. The lowest BCUT2D eigenvalue weighted by Crippen LogP contribution is -2.32. The van der Waals surface area contributed by atoms with Gasteiger partial charge in [0.05, 0.1) is 6.10 Å². The highest BCUT2D eigenvalue weighted by Crippen LogP contribution is 2.22. The number of hydrogen-bond donors (Lipinski definition) is 1. The first-order chi connectivity index (χ1) is 9.61. The maximum Gasteiger partial charge on any atom is 0.126 e. The van der Waals surface area contributed by atoms with Crippen molar-refractivity contribution < 1.29 is 13.5 Å². The van der Waals surface area contributed by atoms with Crippen molar-refractivity contribution >= 4 is 0 Å². The van der Waals surface area contributed by atoms with Crippen molar-refractivity contribution in [2.75, 3.05) is 7.11 Å². The monoisotopic (exact) mass is 277 g/mol. The van der Waals surface area contributed by atoms with Gasteiger partial charge < -0.3 is 10.5 Å². The molecule has 0 spiro atoms. The Morgan fingerprint density at radius 1 is 1.10 bits per heavy atom. The molecule has 0 aliphatic rings. The number of halogens is 2. The van der Waals surface area contributed by atoms with Crippen molar-refractivity contribution in [3.8, 4) is 0 Å². The Hall–Kier alpha value is -1.78. The molecule has 0 radical (unpaired) electrons. The van der Waals surface area contributed by atoms with Crippen LogP contribution in [-0.2, 0) is 11.2 Å². The van der Waals surface area contributed by atoms with E-state index in [0.29, 0.717) is 0 Å². The van der Waals surface area contributed by atoms with E-state index in [4.69, 9.17) is 10.5 Å². The van der Waals surface area contributed by atoms with Crippen LogP contribution < -0.4 is 5.73 Å². The van der Waals surface area contributed by atoms with Gasteiger partial charge in [0.2, 0.25) is 0 Å². The van der Waals surface area contributed by atoms with E-state index in [1.54, 1.807) is 7.11 Å². The van der Waals surface area contributed by atoms with Crippen molar-refractivity contribution in [2.45, 2.75) is 18.6 Å². The van der Waals surface area contributed by atoms with Gasteiger partial charge in [-0.1, -0.05) is 30.3 Å². The first kappa shape index (κ1) is 14.6. The molecule has 0 aliphatic carbocycles. The van der Waals surface area contributed by atoms with Crippen LogP contribution in [0.25, 0.3) is 0 Å². The van der Waals surface area contributed by atoms with Crippen LogP contribution in [0, 0.1) is 11.6 Å². The maximum atomic E-state index is 13.6. The molecule has 0 amide bonds. The van der Waals surface area contributed by atoms with Crippen LogP contribution in [0.2, 0.25) is 0 Å². The third-order valence-corrected chi connectivity index (χ3v) is 3.23. The predicted octanol–water partition coefficient (Wildman–Crippen LogP) is 3.22. The molecule has 0 saturated heterocycles. The van der Waals surface area contributed by atoms with E-state index in [2.05, 4.69) is 0 Å². The van der Waals surface area contributed by atoms with Gasteiger partial charge in [-0.2, -0.15) is 0 Å². The van der Waals surface area contributed by atoms with Gasteiger partial charge in [-0.25, -0.2) is 8.78 Å². The summed E-state index contributed by atoms with van der Waals surface area (Å²) < 4.78 is 32.2. The second kappa shape index (κ2) is 6.59. The van der Waals surface area contributed by atoms with Gasteiger partial charge in [0, 0.05) is 13.2 Å². The highest BCUT2D eigenvalue weighted by atomic mass is 19.1. The Kier molecular flexibility index (Phi) is 4.82. The van der Waals surface area contributed by atoms with E-state index >= 15 is 0 Å². The summed E-state index contributed by atoms with van der Waals surface area (Å²) >= 11 is 0. The van der Waals surface area contributed by atoms with Crippen LogP contribution in [0.1, 0.15) is 17.2 Å². The van der Waals surface area contributed by atoms with Gasteiger partial charge in [-0.05, 0) is 35.7 Å². The smallest absolute Gasteiger partial charge is 0.126 e. The summed E-state index contributed by atoms with van der Waals surface area (Å²) in [7, 11) is 1.56. The quantitative estimate of drug-likeness (QED) is 0.910. The molecule has 0 fully saturated rings. The Morgan fingerprint density at radius 3 is 2.45 bits per heavy atom. The van der Waals surface area contributed by atoms with Crippen LogP contribution >= 0.6 is 0 Å². The average molecular weight is 277 g/mol. The molecular weight excluding hydrogens is 260 g/mol. The Bertz CT molecular complexity index is 560. The lowest BCUT2D eigenvalue weighted by Gasteiger charge is -2.23. The topological polar surface area (TPSA) is 35.2 Å². The van der Waals surface area contributed by atoms with E-state index < -0.39 is 17.7 Å². The number of ether oxygens (including phenoxy) is 1. The molecule has 2 N–H and O–H groups in total. The Morgan fingerprint density at radius 2 is 1.80 bits per heavy atom. The molecule has 0 heterocycles. The van der Waals surface area contributed by atoms with E-state index in [1.807, 2.05) is 30.3 Å². The molecule has 2 rings (SSSR count). The third kappa shape index (κ3) is 3.40. The molecule has 106 valence electrons. The molecule has 2 unspecified atom stereocenters. The first-order valence-corrected chi connectivity index (χ1v) is 6.39. The summed E-state index contributed by atoms with van der Waals surface area (Å²) in [4.78, 5) is 0. The molecule has 0 aromatic heterocycles. The number of nitrogens with two attached hydrogens (primary N) is 1. The minimum absolute atomic E-state index is 0.205. The van der Waals surface area contributed by atoms with Crippen molar-refractivity contribution in [2.24, 2.45) is 5.73 Å². The molecule has 2 aromatic rings. The van der Waals surface area contributed by atoms with Crippen molar-refractivity contribution in [3.63, 3.8) is 0 Å². The summed E-state index contributed by atoms with van der Waals surface area (Å²) in [6, 6.07) is 12.4. The number of hydrogen-bond acceptors (Lipinski definition) is 2. The summed E-state index contributed by atoms with van der Waals surface area (Å²) in [6.07, 6.45) is -0.157. The SMILES string of the molecule is COC(c1ccccc1)C(N)Cc1cc(F)ccc1F. The van der Waals surface area contributed by atoms with E-state index in [-0.39, 0.29) is 18.1 Å². The van der Waals surface area contributed by atoms with E-state index in [9.17, 15) is 8.78 Å². The van der Waals surface area contributed by atoms with Crippen LogP contribution in [0.5, 0.6) is 0 Å². The standard InChI is InChI=1S/C16H17F2NO/c1-20-16(11-5-3-2-4-6-11)15(19)10-12-9-13(17)7-8-14(12)18/h2-9,15-16H,10,19H2,1H3. The van der Waals surface area contributed by atoms with Gasteiger partial charge >= 0.3 is 0 Å². The molecular formula is C16H17F2NO. The highest BCUT2D eigenvalue weighted by molar-refractivity contribution is 5.23. The molecule has 0 aliphatic heterocycles. The summed E-state index contributed by atoms with van der Waals surface area (Å²) in [5.41, 5.74) is 7.27. The highest BCUT2D eigenvalue weighted by Gasteiger charge is 2.21. The average Bonchev–Trinajstić information content (AvgIpc) is 2.45. The molecule has 2 nitrogen and oxygen atoms in total. The fraction of sp³-hybridized carbons (Fsp3) is 0.250. The van der Waals surface area contributed by atoms with Crippen molar-refractivity contribution in [3.05, 3.63) is 71.3 Å².